The Balaban J connectivity index is 2.28. The first-order valence-corrected chi connectivity index (χ1v) is 7.92. The van der Waals surface area contributed by atoms with Gasteiger partial charge in [-0.25, -0.2) is 13.1 Å². The fourth-order valence-electron chi connectivity index (χ4n) is 2.24. The highest BCUT2D eigenvalue weighted by molar-refractivity contribution is 7.88. The molecule has 0 heterocycles. The summed E-state index contributed by atoms with van der Waals surface area (Å²) in [5.74, 6) is 0.193. The zero-order valence-electron chi connectivity index (χ0n) is 10.4. The van der Waals surface area contributed by atoms with Gasteiger partial charge in [-0.1, -0.05) is 0 Å². The molecule has 0 spiro atoms. The minimum absolute atomic E-state index is 0.0310. The third-order valence-corrected chi connectivity index (χ3v) is 3.75. The molecule has 0 amide bonds. The van der Waals surface area contributed by atoms with Gasteiger partial charge < -0.3 is 4.74 Å². The van der Waals surface area contributed by atoms with E-state index in [-0.39, 0.29) is 12.0 Å². The van der Waals surface area contributed by atoms with Gasteiger partial charge in [-0.3, -0.25) is 4.79 Å². The van der Waals surface area contributed by atoms with Crippen LogP contribution in [0, 0.1) is 5.92 Å². The predicted octanol–water partition coefficient (Wildman–Crippen LogP) is 1.05. The smallest absolute Gasteiger partial charge is 0.306 e. The standard InChI is InChI=1S/C11H21NO4S/c1-3-16-11(13)8-9-4-6-10(7-5-9)12-17(2,14)15/h9-10,12H,3-8H2,1-2H3. The molecule has 17 heavy (non-hydrogen) atoms. The molecule has 0 aromatic carbocycles. The molecule has 0 bridgehead atoms. The van der Waals surface area contributed by atoms with E-state index in [1.54, 1.807) is 6.92 Å². The van der Waals surface area contributed by atoms with E-state index >= 15 is 0 Å². The van der Waals surface area contributed by atoms with Gasteiger partial charge in [0, 0.05) is 12.5 Å². The molecule has 1 aliphatic rings. The molecular formula is C11H21NO4S. The van der Waals surface area contributed by atoms with Gasteiger partial charge in [0.1, 0.15) is 0 Å². The van der Waals surface area contributed by atoms with Crippen LogP contribution in [0.25, 0.3) is 0 Å². The summed E-state index contributed by atoms with van der Waals surface area (Å²) >= 11 is 0. The molecule has 6 heteroatoms. The summed E-state index contributed by atoms with van der Waals surface area (Å²) in [5.41, 5.74) is 0. The van der Waals surface area contributed by atoms with E-state index in [4.69, 9.17) is 4.74 Å². The highest BCUT2D eigenvalue weighted by atomic mass is 32.2. The molecule has 5 nitrogen and oxygen atoms in total. The van der Waals surface area contributed by atoms with Crippen LogP contribution in [0.4, 0.5) is 0 Å². The molecule has 0 saturated heterocycles. The van der Waals surface area contributed by atoms with Crippen molar-refractivity contribution in [3.8, 4) is 0 Å². The average Bonchev–Trinajstić information content (AvgIpc) is 2.19. The second-order valence-corrected chi connectivity index (χ2v) is 6.40. The first-order chi connectivity index (χ1) is 7.90. The number of nitrogens with one attached hydrogen (secondary N) is 1. The molecule has 0 unspecified atom stereocenters. The van der Waals surface area contributed by atoms with Crippen LogP contribution >= 0.6 is 0 Å². The maximum Gasteiger partial charge on any atom is 0.306 e. The molecule has 0 aromatic heterocycles. The van der Waals surface area contributed by atoms with Crippen LogP contribution < -0.4 is 4.72 Å². The zero-order chi connectivity index (χ0) is 12.9. The lowest BCUT2D eigenvalue weighted by molar-refractivity contribution is -0.144. The summed E-state index contributed by atoms with van der Waals surface area (Å²) in [5, 5.41) is 0. The van der Waals surface area contributed by atoms with E-state index in [1.807, 2.05) is 0 Å². The Bertz CT molecular complexity index is 344. The van der Waals surface area contributed by atoms with E-state index in [1.165, 1.54) is 6.26 Å². The molecular weight excluding hydrogens is 242 g/mol. The molecule has 1 fully saturated rings. The van der Waals surface area contributed by atoms with Crippen molar-refractivity contribution in [3.05, 3.63) is 0 Å². The van der Waals surface area contributed by atoms with Gasteiger partial charge in [0.25, 0.3) is 0 Å². The zero-order valence-corrected chi connectivity index (χ0v) is 11.3. The normalized spacial score (nSPS) is 25.5. The second-order valence-electron chi connectivity index (χ2n) is 4.62. The Labute approximate surface area is 103 Å². The molecule has 1 N–H and O–H groups in total. The van der Waals surface area contributed by atoms with Crippen molar-refractivity contribution < 1.29 is 17.9 Å². The number of rotatable bonds is 5. The van der Waals surface area contributed by atoms with Gasteiger partial charge in [0.2, 0.25) is 10.0 Å². The summed E-state index contributed by atoms with van der Waals surface area (Å²) < 4.78 is 29.6. The Morgan fingerprint density at radius 3 is 2.35 bits per heavy atom. The van der Waals surface area contributed by atoms with Crippen LogP contribution in [0.3, 0.4) is 0 Å². The Hall–Kier alpha value is -0.620. The molecule has 0 aliphatic heterocycles. The lowest BCUT2D eigenvalue weighted by Crippen LogP contribution is -2.37. The van der Waals surface area contributed by atoms with Crippen molar-refractivity contribution in [3.63, 3.8) is 0 Å². The number of hydrogen-bond donors (Lipinski definition) is 1. The third kappa shape index (κ3) is 6.02. The minimum Gasteiger partial charge on any atom is -0.466 e. The fourth-order valence-corrected chi connectivity index (χ4v) is 3.08. The predicted molar refractivity (Wildman–Crippen MR) is 65.0 cm³/mol. The van der Waals surface area contributed by atoms with Crippen LogP contribution in [0.15, 0.2) is 0 Å². The second kappa shape index (κ2) is 6.35. The number of esters is 1. The van der Waals surface area contributed by atoms with Crippen LogP contribution in [0.5, 0.6) is 0 Å². The molecule has 0 radical (unpaired) electrons. The Morgan fingerprint density at radius 2 is 1.88 bits per heavy atom. The molecule has 1 saturated carbocycles. The summed E-state index contributed by atoms with van der Waals surface area (Å²) in [6.07, 6.45) is 5.00. The molecule has 1 aliphatic carbocycles. The number of carbonyl (C=O) groups is 1. The van der Waals surface area contributed by atoms with Crippen LogP contribution in [-0.4, -0.2) is 33.3 Å². The Kier molecular flexibility index (Phi) is 5.39. The maximum absolute atomic E-state index is 11.3. The fraction of sp³-hybridized carbons (Fsp3) is 0.909. The minimum atomic E-state index is -3.11. The number of ether oxygens (including phenoxy) is 1. The Morgan fingerprint density at radius 1 is 1.29 bits per heavy atom. The summed E-state index contributed by atoms with van der Waals surface area (Å²) in [4.78, 5) is 11.3. The summed E-state index contributed by atoms with van der Waals surface area (Å²) in [6, 6.07) is 0.0310. The molecule has 100 valence electrons. The number of hydrogen-bond acceptors (Lipinski definition) is 4. The van der Waals surface area contributed by atoms with Gasteiger partial charge in [0.15, 0.2) is 0 Å². The quantitative estimate of drug-likeness (QED) is 0.752. The van der Waals surface area contributed by atoms with E-state index in [0.29, 0.717) is 18.9 Å². The first kappa shape index (κ1) is 14.4. The van der Waals surface area contributed by atoms with Crippen LogP contribution in [-0.2, 0) is 19.6 Å². The van der Waals surface area contributed by atoms with Gasteiger partial charge in [-0.05, 0) is 38.5 Å². The van der Waals surface area contributed by atoms with Gasteiger partial charge in [-0.2, -0.15) is 0 Å². The molecule has 1 rings (SSSR count). The topological polar surface area (TPSA) is 72.5 Å². The SMILES string of the molecule is CCOC(=O)CC1CCC(NS(C)(=O)=O)CC1. The lowest BCUT2D eigenvalue weighted by atomic mass is 9.84. The van der Waals surface area contributed by atoms with Crippen molar-refractivity contribution in [2.45, 2.75) is 45.1 Å². The monoisotopic (exact) mass is 263 g/mol. The largest absolute Gasteiger partial charge is 0.466 e. The van der Waals surface area contributed by atoms with E-state index in [2.05, 4.69) is 4.72 Å². The first-order valence-electron chi connectivity index (χ1n) is 6.03. The number of sulfonamides is 1. The van der Waals surface area contributed by atoms with Crippen molar-refractivity contribution in [2.24, 2.45) is 5.92 Å². The lowest BCUT2D eigenvalue weighted by Gasteiger charge is -2.27. The van der Waals surface area contributed by atoms with Crippen LogP contribution in [0.2, 0.25) is 0 Å². The van der Waals surface area contributed by atoms with E-state index in [0.717, 1.165) is 25.7 Å². The number of carbonyl (C=O) groups excluding carboxylic acids is 1. The van der Waals surface area contributed by atoms with Crippen molar-refractivity contribution in [2.75, 3.05) is 12.9 Å². The van der Waals surface area contributed by atoms with Crippen molar-refractivity contribution >= 4 is 16.0 Å². The highest BCUT2D eigenvalue weighted by Crippen LogP contribution is 2.27. The van der Waals surface area contributed by atoms with Crippen molar-refractivity contribution in [1.82, 2.24) is 4.72 Å². The molecule has 0 aromatic rings. The van der Waals surface area contributed by atoms with Crippen molar-refractivity contribution in [1.29, 1.82) is 0 Å². The van der Waals surface area contributed by atoms with Gasteiger partial charge in [-0.15, -0.1) is 0 Å². The van der Waals surface area contributed by atoms with Gasteiger partial charge in [0.05, 0.1) is 12.9 Å². The van der Waals surface area contributed by atoms with E-state index in [9.17, 15) is 13.2 Å². The third-order valence-electron chi connectivity index (χ3n) is 2.99. The van der Waals surface area contributed by atoms with Crippen LogP contribution in [0.1, 0.15) is 39.0 Å². The highest BCUT2D eigenvalue weighted by Gasteiger charge is 2.24. The van der Waals surface area contributed by atoms with Gasteiger partial charge >= 0.3 is 5.97 Å². The molecule has 0 atom stereocenters. The summed E-state index contributed by atoms with van der Waals surface area (Å²) in [7, 11) is -3.11. The summed E-state index contributed by atoms with van der Waals surface area (Å²) in [6.45, 7) is 2.22. The maximum atomic E-state index is 11.3. The average molecular weight is 263 g/mol. The van der Waals surface area contributed by atoms with E-state index < -0.39 is 10.0 Å².